The lowest BCUT2D eigenvalue weighted by molar-refractivity contribution is -0.137. The van der Waals surface area contributed by atoms with Gasteiger partial charge >= 0.3 is 6.18 Å². The molecule has 0 fully saturated rings. The number of halogens is 3. The first kappa shape index (κ1) is 31.1. The van der Waals surface area contributed by atoms with Gasteiger partial charge in [0.15, 0.2) is 11.6 Å². The second kappa shape index (κ2) is 13.0. The minimum Gasteiger partial charge on any atom is -0.506 e. The van der Waals surface area contributed by atoms with Crippen molar-refractivity contribution >= 4 is 45.7 Å². The number of aromatic hydroxyl groups is 1. The Bertz CT molecular complexity index is 1630. The van der Waals surface area contributed by atoms with Gasteiger partial charge in [-0.05, 0) is 60.7 Å². The minimum atomic E-state index is -4.45. The second-order valence-electron chi connectivity index (χ2n) is 10.0. The highest BCUT2D eigenvalue weighted by Crippen LogP contribution is 2.40. The number of carbonyl (C=O) groups is 3. The normalized spacial score (nSPS) is 12.8. The average molecular weight is 612 g/mol. The van der Waals surface area contributed by atoms with Gasteiger partial charge in [-0.25, -0.2) is 0 Å². The number of rotatable bonds is 11. The summed E-state index contributed by atoms with van der Waals surface area (Å²) in [6.07, 6.45) is -3.80. The lowest BCUT2D eigenvalue weighted by atomic mass is 9.94. The number of benzene rings is 2. The van der Waals surface area contributed by atoms with Gasteiger partial charge in [0, 0.05) is 29.5 Å². The van der Waals surface area contributed by atoms with Crippen molar-refractivity contribution in [2.24, 2.45) is 4.99 Å². The molecule has 42 heavy (non-hydrogen) atoms. The van der Waals surface area contributed by atoms with Crippen molar-refractivity contribution < 1.29 is 32.7 Å². The minimum absolute atomic E-state index is 0.0388. The summed E-state index contributed by atoms with van der Waals surface area (Å²) >= 11 is 2.29. The molecule has 0 amide bonds. The van der Waals surface area contributed by atoms with E-state index in [9.17, 15) is 32.7 Å². The van der Waals surface area contributed by atoms with Crippen molar-refractivity contribution in [3.05, 3.63) is 98.1 Å². The smallest absolute Gasteiger partial charge is 0.416 e. The van der Waals surface area contributed by atoms with Crippen LogP contribution in [0.2, 0.25) is 0 Å². The van der Waals surface area contributed by atoms with Crippen LogP contribution in [0.3, 0.4) is 0 Å². The molecule has 218 valence electrons. The fourth-order valence-corrected chi connectivity index (χ4v) is 6.26. The molecule has 1 atom stereocenters. The number of thiophene rings is 2. The van der Waals surface area contributed by atoms with Gasteiger partial charge in [-0.3, -0.25) is 19.4 Å². The van der Waals surface area contributed by atoms with E-state index < -0.39 is 11.7 Å². The van der Waals surface area contributed by atoms with Crippen LogP contribution in [0.1, 0.15) is 74.7 Å². The van der Waals surface area contributed by atoms with Crippen molar-refractivity contribution in [2.45, 2.75) is 45.7 Å². The average Bonchev–Trinajstić information content (AvgIpc) is 3.59. The van der Waals surface area contributed by atoms with Gasteiger partial charge < -0.3 is 5.11 Å². The zero-order valence-electron chi connectivity index (χ0n) is 23.1. The Balaban J connectivity index is 1.37. The predicted octanol–water partition coefficient (Wildman–Crippen LogP) is 8.40. The van der Waals surface area contributed by atoms with Gasteiger partial charge in [-0.2, -0.15) is 13.2 Å². The van der Waals surface area contributed by atoms with Crippen LogP contribution in [0.4, 0.5) is 13.2 Å². The monoisotopic (exact) mass is 611 g/mol. The summed E-state index contributed by atoms with van der Waals surface area (Å²) in [6.45, 7) is 4.95. The van der Waals surface area contributed by atoms with E-state index in [0.717, 1.165) is 34.6 Å². The summed E-state index contributed by atoms with van der Waals surface area (Å²) in [5, 5.41) is 12.3. The van der Waals surface area contributed by atoms with Gasteiger partial charge in [-0.15, -0.1) is 22.7 Å². The summed E-state index contributed by atoms with van der Waals surface area (Å²) in [6, 6.07) is 15.4. The lowest BCUT2D eigenvalue weighted by Gasteiger charge is -2.11. The number of hydrogen-bond acceptors (Lipinski definition) is 7. The Hall–Kier alpha value is -3.89. The van der Waals surface area contributed by atoms with E-state index in [4.69, 9.17) is 0 Å². The molecule has 5 nitrogen and oxygen atoms in total. The molecule has 10 heteroatoms. The highest BCUT2D eigenvalue weighted by molar-refractivity contribution is 7.16. The molecule has 2 heterocycles. The van der Waals surface area contributed by atoms with Crippen LogP contribution in [0, 0.1) is 0 Å². The van der Waals surface area contributed by atoms with Crippen molar-refractivity contribution in [1.29, 1.82) is 0 Å². The molecule has 0 saturated heterocycles. The fourth-order valence-electron chi connectivity index (χ4n) is 4.36. The van der Waals surface area contributed by atoms with E-state index in [1.165, 1.54) is 23.5 Å². The predicted molar refractivity (Wildman–Crippen MR) is 160 cm³/mol. The fraction of sp³-hybridized carbons (Fsp3) is 0.250. The maximum absolute atomic E-state index is 12.9. The van der Waals surface area contributed by atoms with Gasteiger partial charge in [0.05, 0.1) is 20.2 Å². The first-order valence-corrected chi connectivity index (χ1v) is 14.8. The number of nitrogens with zero attached hydrogens (tertiary/aromatic N) is 1. The van der Waals surface area contributed by atoms with Crippen molar-refractivity contribution in [2.75, 3.05) is 6.54 Å². The summed E-state index contributed by atoms with van der Waals surface area (Å²) < 4.78 is 38.6. The third-order valence-corrected chi connectivity index (χ3v) is 8.92. The first-order valence-electron chi connectivity index (χ1n) is 13.1. The van der Waals surface area contributed by atoms with Gasteiger partial charge in [0.2, 0.25) is 0 Å². The highest BCUT2D eigenvalue weighted by atomic mass is 32.1. The Morgan fingerprint density at radius 2 is 1.52 bits per heavy atom. The number of alkyl halides is 3. The summed E-state index contributed by atoms with van der Waals surface area (Å²) in [5.41, 5.74) is 2.39. The molecule has 0 bridgehead atoms. The third-order valence-electron chi connectivity index (χ3n) is 6.74. The Morgan fingerprint density at radius 1 is 0.905 bits per heavy atom. The SMILES string of the molecule is CC(=O)Cc1ccc(C(C)CC(=O)c2ccc(C(=O)CN=C(C)c3csc(-c4ccc(C(F)(F)F)cc4)c3O)s2)cc1. The van der Waals surface area contributed by atoms with E-state index in [-0.39, 0.29) is 42.0 Å². The standard InChI is InChI=1S/C32H28F3NO4S2/c1-18(22-6-4-21(5-7-22)15-19(2)37)14-26(38)28-12-13-29(42-28)27(39)16-36-20(3)25-17-41-31(30(25)40)23-8-10-24(11-9-23)32(33,34)35/h4-13,17-18,40H,14-16H2,1-3H3. The zero-order valence-corrected chi connectivity index (χ0v) is 24.8. The molecule has 0 spiro atoms. The molecule has 0 aliphatic heterocycles. The van der Waals surface area contributed by atoms with Crippen LogP contribution >= 0.6 is 22.7 Å². The number of Topliss-reactive ketones (excluding diaryl/α,β-unsaturated/α-hetero) is 3. The molecular weight excluding hydrogens is 583 g/mol. The third kappa shape index (κ3) is 7.49. The van der Waals surface area contributed by atoms with Crippen LogP contribution in [0.15, 0.2) is 71.0 Å². The lowest BCUT2D eigenvalue weighted by Crippen LogP contribution is -2.05. The van der Waals surface area contributed by atoms with E-state index in [1.54, 1.807) is 31.4 Å². The Morgan fingerprint density at radius 3 is 2.12 bits per heavy atom. The molecule has 0 saturated carbocycles. The van der Waals surface area contributed by atoms with E-state index in [0.29, 0.717) is 37.9 Å². The molecule has 0 aliphatic rings. The second-order valence-corrected chi connectivity index (χ2v) is 12.0. The van der Waals surface area contributed by atoms with Crippen LogP contribution < -0.4 is 0 Å². The van der Waals surface area contributed by atoms with Crippen molar-refractivity contribution in [3.8, 4) is 16.2 Å². The molecule has 1 unspecified atom stereocenters. The quantitative estimate of drug-likeness (QED) is 0.136. The Labute approximate surface area is 249 Å². The molecule has 0 radical (unpaired) electrons. The van der Waals surface area contributed by atoms with Gasteiger partial charge in [0.25, 0.3) is 0 Å². The van der Waals surface area contributed by atoms with Gasteiger partial charge in [-0.1, -0.05) is 43.3 Å². The van der Waals surface area contributed by atoms with Crippen LogP contribution in [0.25, 0.3) is 10.4 Å². The highest BCUT2D eigenvalue weighted by Gasteiger charge is 2.30. The number of aliphatic imine (C=N–C) groups is 1. The van der Waals surface area contributed by atoms with E-state index >= 15 is 0 Å². The number of hydrogen-bond donors (Lipinski definition) is 1. The molecular formula is C32H28F3NO4S2. The molecule has 4 rings (SSSR count). The van der Waals surface area contributed by atoms with Crippen LogP contribution in [-0.4, -0.2) is 34.7 Å². The van der Waals surface area contributed by atoms with Crippen molar-refractivity contribution in [1.82, 2.24) is 0 Å². The van der Waals surface area contributed by atoms with Crippen LogP contribution in [-0.2, 0) is 17.4 Å². The molecule has 4 aromatic rings. The van der Waals surface area contributed by atoms with E-state index in [1.807, 2.05) is 31.2 Å². The maximum Gasteiger partial charge on any atom is 0.416 e. The molecule has 1 N–H and O–H groups in total. The molecule has 2 aromatic carbocycles. The molecule has 2 aromatic heterocycles. The maximum atomic E-state index is 12.9. The van der Waals surface area contributed by atoms with Crippen molar-refractivity contribution in [3.63, 3.8) is 0 Å². The summed E-state index contributed by atoms with van der Waals surface area (Å²) in [4.78, 5) is 42.6. The topological polar surface area (TPSA) is 83.8 Å². The zero-order chi connectivity index (χ0) is 30.6. The number of carbonyl (C=O) groups excluding carboxylic acids is 3. The van der Waals surface area contributed by atoms with E-state index in [2.05, 4.69) is 4.99 Å². The van der Waals surface area contributed by atoms with Crippen LogP contribution in [0.5, 0.6) is 5.75 Å². The largest absolute Gasteiger partial charge is 0.506 e. The molecule has 0 aliphatic carbocycles. The Kier molecular flexibility index (Phi) is 9.58. The number of ketones is 3. The van der Waals surface area contributed by atoms with Gasteiger partial charge in [0.1, 0.15) is 18.1 Å². The summed E-state index contributed by atoms with van der Waals surface area (Å²) in [7, 11) is 0. The first-order chi connectivity index (χ1) is 19.8. The summed E-state index contributed by atoms with van der Waals surface area (Å²) in [5.74, 6) is -0.406.